The number of aromatic nitrogens is 2. The Morgan fingerprint density at radius 1 is 1.11 bits per heavy atom. The van der Waals surface area contributed by atoms with Crippen LogP contribution in [-0.4, -0.2) is 60.6 Å². The first kappa shape index (κ1) is 19.3. The Kier molecular flexibility index (Phi) is 5.37. The summed E-state index contributed by atoms with van der Waals surface area (Å²) in [5.74, 6) is 0. The molecule has 1 fully saturated rings. The molecule has 0 atom stereocenters. The molecule has 2 aromatic heterocycles. The van der Waals surface area contributed by atoms with Crippen molar-refractivity contribution in [2.24, 2.45) is 0 Å². The molecule has 0 unspecified atom stereocenters. The Bertz CT molecular complexity index is 1020. The Hall–Kier alpha value is -2.00. The van der Waals surface area contributed by atoms with Gasteiger partial charge in [-0.3, -0.25) is 0 Å². The zero-order chi connectivity index (χ0) is 19.7. The first-order valence-electron chi connectivity index (χ1n) is 9.32. The third-order valence-corrected chi connectivity index (χ3v) is 8.10. The van der Waals surface area contributed by atoms with Gasteiger partial charge in [0, 0.05) is 13.1 Å². The Morgan fingerprint density at radius 2 is 1.82 bits per heavy atom. The Balaban J connectivity index is 1.76. The number of likely N-dealkylation sites (tertiary alicyclic amines) is 1. The number of nitrogens with zero attached hydrogens (tertiary/aromatic N) is 4. The van der Waals surface area contributed by atoms with Crippen LogP contribution in [-0.2, 0) is 10.0 Å². The molecular formula is C20H24N4O2S2. The van der Waals surface area contributed by atoms with Crippen LogP contribution in [0.25, 0.3) is 16.3 Å². The fourth-order valence-electron chi connectivity index (χ4n) is 3.55. The van der Waals surface area contributed by atoms with Crippen molar-refractivity contribution in [2.75, 3.05) is 27.2 Å². The summed E-state index contributed by atoms with van der Waals surface area (Å²) < 4.78 is 30.3. The van der Waals surface area contributed by atoms with Crippen LogP contribution in [0.1, 0.15) is 12.8 Å². The summed E-state index contributed by atoms with van der Waals surface area (Å²) in [6.45, 7) is 1.82. The van der Waals surface area contributed by atoms with E-state index < -0.39 is 10.0 Å². The minimum atomic E-state index is -3.66. The standard InChI is InChI=1S/C20H24N4O2S2/c1-22-12-10-16(11-13-22)23(2)28(25,26)19-15-24(17-7-4-3-5-8-17)21-20(19)18-9-6-14-27-18/h3-9,14-16H,10-13H2,1-2H3. The van der Waals surface area contributed by atoms with Gasteiger partial charge < -0.3 is 4.90 Å². The molecule has 3 aromatic rings. The molecule has 0 aliphatic carbocycles. The van der Waals surface area contributed by atoms with Crippen LogP contribution in [0.5, 0.6) is 0 Å². The van der Waals surface area contributed by atoms with E-state index in [2.05, 4.69) is 17.0 Å². The average molecular weight is 417 g/mol. The van der Waals surface area contributed by atoms with E-state index in [0.29, 0.717) is 5.69 Å². The van der Waals surface area contributed by atoms with Crippen molar-refractivity contribution >= 4 is 21.4 Å². The first-order valence-corrected chi connectivity index (χ1v) is 11.6. The van der Waals surface area contributed by atoms with E-state index in [4.69, 9.17) is 0 Å². The minimum Gasteiger partial charge on any atom is -0.306 e. The van der Waals surface area contributed by atoms with Gasteiger partial charge in [-0.25, -0.2) is 13.1 Å². The number of thiophene rings is 1. The van der Waals surface area contributed by atoms with Gasteiger partial charge in [0.05, 0.1) is 16.8 Å². The highest BCUT2D eigenvalue weighted by Crippen LogP contribution is 2.33. The van der Waals surface area contributed by atoms with E-state index >= 15 is 0 Å². The maximum Gasteiger partial charge on any atom is 0.246 e. The van der Waals surface area contributed by atoms with Crippen LogP contribution in [0.2, 0.25) is 0 Å². The summed E-state index contributed by atoms with van der Waals surface area (Å²) in [5.41, 5.74) is 1.35. The minimum absolute atomic E-state index is 0.0115. The summed E-state index contributed by atoms with van der Waals surface area (Å²) in [7, 11) is 0.109. The lowest BCUT2D eigenvalue weighted by atomic mass is 10.1. The second-order valence-electron chi connectivity index (χ2n) is 7.16. The van der Waals surface area contributed by atoms with Gasteiger partial charge in [-0.15, -0.1) is 11.3 Å². The van der Waals surface area contributed by atoms with Gasteiger partial charge in [-0.2, -0.15) is 9.40 Å². The van der Waals surface area contributed by atoms with Crippen molar-refractivity contribution in [1.29, 1.82) is 0 Å². The fraction of sp³-hybridized carbons (Fsp3) is 0.350. The number of hydrogen-bond donors (Lipinski definition) is 0. The number of para-hydroxylation sites is 1. The molecule has 0 bridgehead atoms. The number of piperidine rings is 1. The highest BCUT2D eigenvalue weighted by Gasteiger charge is 2.34. The van der Waals surface area contributed by atoms with Crippen molar-refractivity contribution in [1.82, 2.24) is 19.0 Å². The molecule has 4 rings (SSSR count). The summed E-state index contributed by atoms with van der Waals surface area (Å²) in [5, 5.41) is 6.58. The van der Waals surface area contributed by atoms with Gasteiger partial charge in [-0.1, -0.05) is 24.3 Å². The summed E-state index contributed by atoms with van der Waals surface area (Å²) in [6.07, 6.45) is 3.33. The molecule has 28 heavy (non-hydrogen) atoms. The molecule has 8 heteroatoms. The molecule has 148 valence electrons. The van der Waals surface area contributed by atoms with Crippen molar-refractivity contribution in [3.05, 3.63) is 54.0 Å². The zero-order valence-corrected chi connectivity index (χ0v) is 17.7. The molecule has 0 radical (unpaired) electrons. The van der Waals surface area contributed by atoms with Crippen LogP contribution in [0.3, 0.4) is 0 Å². The average Bonchev–Trinajstić information content (AvgIpc) is 3.38. The summed E-state index contributed by atoms with van der Waals surface area (Å²) >= 11 is 1.50. The molecule has 0 saturated carbocycles. The largest absolute Gasteiger partial charge is 0.306 e. The lowest BCUT2D eigenvalue weighted by Crippen LogP contribution is -2.44. The molecule has 0 amide bonds. The number of hydrogen-bond acceptors (Lipinski definition) is 5. The molecule has 0 N–H and O–H groups in total. The van der Waals surface area contributed by atoms with E-state index in [1.807, 2.05) is 47.8 Å². The topological polar surface area (TPSA) is 58.4 Å². The highest BCUT2D eigenvalue weighted by atomic mass is 32.2. The Morgan fingerprint density at radius 3 is 2.46 bits per heavy atom. The van der Waals surface area contributed by atoms with E-state index in [1.165, 1.54) is 11.3 Å². The number of sulfonamides is 1. The van der Waals surface area contributed by atoms with Crippen LogP contribution in [0.15, 0.2) is 58.9 Å². The highest BCUT2D eigenvalue weighted by molar-refractivity contribution is 7.89. The summed E-state index contributed by atoms with van der Waals surface area (Å²) in [6, 6.07) is 13.4. The van der Waals surface area contributed by atoms with Crippen LogP contribution in [0.4, 0.5) is 0 Å². The fourth-order valence-corrected chi connectivity index (χ4v) is 5.88. The zero-order valence-electron chi connectivity index (χ0n) is 16.0. The molecule has 1 aromatic carbocycles. The van der Waals surface area contributed by atoms with Gasteiger partial charge >= 0.3 is 0 Å². The van der Waals surface area contributed by atoms with E-state index in [1.54, 1.807) is 22.2 Å². The normalized spacial score (nSPS) is 16.7. The molecule has 1 aliphatic heterocycles. The van der Waals surface area contributed by atoms with Crippen molar-refractivity contribution in [3.63, 3.8) is 0 Å². The summed E-state index contributed by atoms with van der Waals surface area (Å²) in [4.78, 5) is 3.35. The van der Waals surface area contributed by atoms with Crippen molar-refractivity contribution in [2.45, 2.75) is 23.8 Å². The lowest BCUT2D eigenvalue weighted by Gasteiger charge is -2.34. The van der Waals surface area contributed by atoms with Crippen LogP contribution >= 0.6 is 11.3 Å². The van der Waals surface area contributed by atoms with E-state index in [-0.39, 0.29) is 10.9 Å². The van der Waals surface area contributed by atoms with Crippen LogP contribution in [0, 0.1) is 0 Å². The SMILES string of the molecule is CN1CCC(N(C)S(=O)(=O)c2cn(-c3ccccc3)nc2-c2cccs2)CC1. The van der Waals surface area contributed by atoms with Crippen molar-refractivity contribution in [3.8, 4) is 16.3 Å². The van der Waals surface area contributed by atoms with Gasteiger partial charge in [0.25, 0.3) is 0 Å². The van der Waals surface area contributed by atoms with Gasteiger partial charge in [0.2, 0.25) is 10.0 Å². The second-order valence-corrected chi connectivity index (χ2v) is 10.1. The predicted molar refractivity (Wildman–Crippen MR) is 112 cm³/mol. The molecule has 3 heterocycles. The quantitative estimate of drug-likeness (QED) is 0.640. The third kappa shape index (κ3) is 3.65. The van der Waals surface area contributed by atoms with Gasteiger partial charge in [0.15, 0.2) is 0 Å². The number of benzene rings is 1. The number of rotatable bonds is 5. The monoisotopic (exact) mass is 416 g/mol. The van der Waals surface area contributed by atoms with E-state index in [0.717, 1.165) is 36.5 Å². The van der Waals surface area contributed by atoms with Gasteiger partial charge in [-0.05, 0) is 56.6 Å². The second kappa shape index (κ2) is 7.79. The Labute approximate surface area is 170 Å². The maximum atomic E-state index is 13.5. The molecule has 1 aliphatic rings. The third-order valence-electron chi connectivity index (χ3n) is 5.32. The molecular weight excluding hydrogens is 392 g/mol. The maximum absolute atomic E-state index is 13.5. The lowest BCUT2D eigenvalue weighted by molar-refractivity contribution is 0.197. The molecule has 6 nitrogen and oxygen atoms in total. The van der Waals surface area contributed by atoms with Gasteiger partial charge in [0.1, 0.15) is 10.6 Å². The van der Waals surface area contributed by atoms with E-state index in [9.17, 15) is 8.42 Å². The molecule has 1 saturated heterocycles. The van der Waals surface area contributed by atoms with Crippen LogP contribution < -0.4 is 0 Å². The first-order chi connectivity index (χ1) is 13.5. The smallest absolute Gasteiger partial charge is 0.246 e. The molecule has 0 spiro atoms. The predicted octanol–water partition coefficient (Wildman–Crippen LogP) is 3.32. The van der Waals surface area contributed by atoms with Crippen molar-refractivity contribution < 1.29 is 8.42 Å².